The van der Waals surface area contributed by atoms with Crippen molar-refractivity contribution in [1.29, 1.82) is 0 Å². The van der Waals surface area contributed by atoms with E-state index in [2.05, 4.69) is 15.3 Å². The number of aromatic nitrogens is 4. The van der Waals surface area contributed by atoms with Gasteiger partial charge in [-0.3, -0.25) is 4.98 Å². The molecule has 0 saturated carbocycles. The summed E-state index contributed by atoms with van der Waals surface area (Å²) in [5.74, 6) is -0.318. The van der Waals surface area contributed by atoms with E-state index in [1.165, 1.54) is 12.1 Å². The first-order chi connectivity index (χ1) is 9.79. The fourth-order valence-electron chi connectivity index (χ4n) is 1.98. The van der Waals surface area contributed by atoms with Crippen LogP contribution in [-0.4, -0.2) is 25.1 Å². The molecule has 0 atom stereocenters. The van der Waals surface area contributed by atoms with Gasteiger partial charge in [-0.05, 0) is 36.4 Å². The van der Waals surface area contributed by atoms with Gasteiger partial charge in [0.05, 0.1) is 12.3 Å². The summed E-state index contributed by atoms with van der Waals surface area (Å²) < 4.78 is 14.6. The second-order valence-corrected chi connectivity index (χ2v) is 4.17. The SMILES string of the molecule is OCc1nnn(-c2ccc(F)cc2)c1-c1ccncc1. The van der Waals surface area contributed by atoms with Crippen LogP contribution in [0.4, 0.5) is 4.39 Å². The van der Waals surface area contributed by atoms with E-state index in [0.717, 1.165) is 5.56 Å². The highest BCUT2D eigenvalue weighted by molar-refractivity contribution is 5.63. The standard InChI is InChI=1S/C14H11FN4O/c15-11-1-3-12(4-2-11)19-14(13(9-20)17-18-19)10-5-7-16-8-6-10/h1-8,20H,9H2. The van der Waals surface area contributed by atoms with Crippen LogP contribution in [0.1, 0.15) is 5.69 Å². The molecule has 0 amide bonds. The Morgan fingerprint density at radius 2 is 1.75 bits per heavy atom. The molecule has 2 heterocycles. The highest BCUT2D eigenvalue weighted by Crippen LogP contribution is 2.24. The van der Waals surface area contributed by atoms with Gasteiger partial charge in [-0.1, -0.05) is 5.21 Å². The summed E-state index contributed by atoms with van der Waals surface area (Å²) in [5, 5.41) is 17.4. The van der Waals surface area contributed by atoms with Gasteiger partial charge in [0.1, 0.15) is 17.2 Å². The first-order valence-corrected chi connectivity index (χ1v) is 6.01. The molecule has 100 valence electrons. The van der Waals surface area contributed by atoms with E-state index in [4.69, 9.17) is 0 Å². The number of halogens is 1. The van der Waals surface area contributed by atoms with Crippen LogP contribution < -0.4 is 0 Å². The van der Waals surface area contributed by atoms with Crippen LogP contribution in [0, 0.1) is 5.82 Å². The molecule has 1 N–H and O–H groups in total. The Hall–Kier alpha value is -2.60. The number of nitrogens with zero attached hydrogens (tertiary/aromatic N) is 4. The number of hydrogen-bond donors (Lipinski definition) is 1. The van der Waals surface area contributed by atoms with Crippen molar-refractivity contribution in [3.8, 4) is 16.9 Å². The lowest BCUT2D eigenvalue weighted by Gasteiger charge is -2.07. The van der Waals surface area contributed by atoms with Crippen LogP contribution in [0.3, 0.4) is 0 Å². The molecule has 2 aromatic heterocycles. The Kier molecular flexibility index (Phi) is 3.22. The Bertz CT molecular complexity index is 710. The first kappa shape index (κ1) is 12.4. The van der Waals surface area contributed by atoms with E-state index in [9.17, 15) is 9.50 Å². The third-order valence-corrected chi connectivity index (χ3v) is 2.91. The van der Waals surface area contributed by atoms with Crippen molar-refractivity contribution >= 4 is 0 Å². The number of aliphatic hydroxyl groups excluding tert-OH is 1. The molecular weight excluding hydrogens is 259 g/mol. The Morgan fingerprint density at radius 1 is 1.05 bits per heavy atom. The summed E-state index contributed by atoms with van der Waals surface area (Å²) in [6.45, 7) is -0.223. The zero-order chi connectivity index (χ0) is 13.9. The van der Waals surface area contributed by atoms with Gasteiger partial charge in [0.25, 0.3) is 0 Å². The minimum absolute atomic E-state index is 0.223. The molecular formula is C14H11FN4O. The van der Waals surface area contributed by atoms with Crippen molar-refractivity contribution in [2.24, 2.45) is 0 Å². The van der Waals surface area contributed by atoms with Crippen molar-refractivity contribution in [2.45, 2.75) is 6.61 Å². The van der Waals surface area contributed by atoms with Gasteiger partial charge in [0, 0.05) is 18.0 Å². The fraction of sp³-hybridized carbons (Fsp3) is 0.0714. The molecule has 0 bridgehead atoms. The third kappa shape index (κ3) is 2.17. The maximum Gasteiger partial charge on any atom is 0.123 e. The molecule has 0 aliphatic carbocycles. The van der Waals surface area contributed by atoms with Crippen molar-refractivity contribution < 1.29 is 9.50 Å². The normalized spacial score (nSPS) is 10.7. The van der Waals surface area contributed by atoms with Crippen LogP contribution in [0.5, 0.6) is 0 Å². The molecule has 6 heteroatoms. The van der Waals surface area contributed by atoms with Crippen LogP contribution in [-0.2, 0) is 6.61 Å². The summed E-state index contributed by atoms with van der Waals surface area (Å²) in [7, 11) is 0. The molecule has 0 unspecified atom stereocenters. The molecule has 0 fully saturated rings. The molecule has 0 spiro atoms. The maximum absolute atomic E-state index is 13.0. The third-order valence-electron chi connectivity index (χ3n) is 2.91. The van der Waals surface area contributed by atoms with E-state index in [1.807, 2.05) is 0 Å². The minimum atomic E-state index is -0.318. The summed E-state index contributed by atoms with van der Waals surface area (Å²) in [6.07, 6.45) is 3.30. The van der Waals surface area contributed by atoms with Gasteiger partial charge >= 0.3 is 0 Å². The number of hydrogen-bond acceptors (Lipinski definition) is 4. The van der Waals surface area contributed by atoms with Gasteiger partial charge < -0.3 is 5.11 Å². The molecule has 0 aliphatic heterocycles. The number of pyridine rings is 1. The van der Waals surface area contributed by atoms with Gasteiger partial charge in [-0.25, -0.2) is 9.07 Å². The number of rotatable bonds is 3. The van der Waals surface area contributed by atoms with Crippen molar-refractivity contribution in [3.63, 3.8) is 0 Å². The van der Waals surface area contributed by atoms with Crippen LogP contribution in [0.15, 0.2) is 48.8 Å². The Labute approximate surface area is 114 Å². The van der Waals surface area contributed by atoms with Gasteiger partial charge in [-0.2, -0.15) is 0 Å². The monoisotopic (exact) mass is 270 g/mol. The Morgan fingerprint density at radius 3 is 2.40 bits per heavy atom. The van der Waals surface area contributed by atoms with Crippen molar-refractivity contribution in [3.05, 3.63) is 60.3 Å². The van der Waals surface area contributed by atoms with E-state index >= 15 is 0 Å². The van der Waals surface area contributed by atoms with Gasteiger partial charge in [0.2, 0.25) is 0 Å². The average Bonchev–Trinajstić information content (AvgIpc) is 2.93. The summed E-state index contributed by atoms with van der Waals surface area (Å²) in [4.78, 5) is 3.96. The minimum Gasteiger partial charge on any atom is -0.390 e. The molecule has 1 aromatic carbocycles. The van der Waals surface area contributed by atoms with Gasteiger partial charge in [0.15, 0.2) is 0 Å². The molecule has 0 radical (unpaired) electrons. The van der Waals surface area contributed by atoms with Crippen LogP contribution >= 0.6 is 0 Å². The topological polar surface area (TPSA) is 63.8 Å². The largest absolute Gasteiger partial charge is 0.390 e. The lowest BCUT2D eigenvalue weighted by atomic mass is 10.1. The first-order valence-electron chi connectivity index (χ1n) is 6.01. The molecule has 5 nitrogen and oxygen atoms in total. The summed E-state index contributed by atoms with van der Waals surface area (Å²) in [6, 6.07) is 9.53. The van der Waals surface area contributed by atoms with E-state index < -0.39 is 0 Å². The highest BCUT2D eigenvalue weighted by atomic mass is 19.1. The molecule has 3 aromatic rings. The second-order valence-electron chi connectivity index (χ2n) is 4.17. The second kappa shape index (κ2) is 5.18. The highest BCUT2D eigenvalue weighted by Gasteiger charge is 2.15. The summed E-state index contributed by atoms with van der Waals surface area (Å²) >= 11 is 0. The smallest absolute Gasteiger partial charge is 0.123 e. The lowest BCUT2D eigenvalue weighted by molar-refractivity contribution is 0.277. The summed E-state index contributed by atoms with van der Waals surface area (Å²) in [5.41, 5.74) is 2.63. The lowest BCUT2D eigenvalue weighted by Crippen LogP contribution is -2.00. The number of benzene rings is 1. The van der Waals surface area contributed by atoms with Crippen molar-refractivity contribution in [1.82, 2.24) is 20.0 Å². The van der Waals surface area contributed by atoms with E-state index in [0.29, 0.717) is 17.1 Å². The van der Waals surface area contributed by atoms with E-state index in [1.54, 1.807) is 41.3 Å². The molecule has 20 heavy (non-hydrogen) atoms. The van der Waals surface area contributed by atoms with Crippen LogP contribution in [0.2, 0.25) is 0 Å². The quantitative estimate of drug-likeness (QED) is 0.790. The van der Waals surface area contributed by atoms with Crippen LogP contribution in [0.25, 0.3) is 16.9 Å². The molecule has 3 rings (SSSR count). The predicted octanol–water partition coefficient (Wildman–Crippen LogP) is 1.96. The zero-order valence-corrected chi connectivity index (χ0v) is 10.4. The molecule has 0 aliphatic rings. The Balaban J connectivity index is 2.17. The zero-order valence-electron chi connectivity index (χ0n) is 10.4. The molecule has 0 saturated heterocycles. The predicted molar refractivity (Wildman–Crippen MR) is 70.5 cm³/mol. The van der Waals surface area contributed by atoms with E-state index in [-0.39, 0.29) is 12.4 Å². The average molecular weight is 270 g/mol. The van der Waals surface area contributed by atoms with Crippen molar-refractivity contribution in [2.75, 3.05) is 0 Å². The number of aliphatic hydroxyl groups is 1. The fourth-order valence-corrected chi connectivity index (χ4v) is 1.98. The van der Waals surface area contributed by atoms with Gasteiger partial charge in [-0.15, -0.1) is 5.10 Å². The maximum atomic E-state index is 13.0.